The molecule has 6 heteroatoms. The fourth-order valence-electron chi connectivity index (χ4n) is 1.66. The van der Waals surface area contributed by atoms with Crippen molar-refractivity contribution in [3.8, 4) is 0 Å². The third kappa shape index (κ3) is 2.85. The first-order valence-corrected chi connectivity index (χ1v) is 6.30. The topological polar surface area (TPSA) is 54.9 Å². The quantitative estimate of drug-likeness (QED) is 0.688. The van der Waals surface area contributed by atoms with Gasteiger partial charge in [-0.15, -0.1) is 0 Å². The zero-order valence-corrected chi connectivity index (χ0v) is 11.9. The lowest BCUT2D eigenvalue weighted by Gasteiger charge is -2.13. The Kier molecular flexibility index (Phi) is 4.02. The molecule has 0 saturated carbocycles. The Morgan fingerprint density at radius 2 is 1.95 bits per heavy atom. The van der Waals surface area contributed by atoms with Gasteiger partial charge in [0.2, 0.25) is 0 Å². The van der Waals surface area contributed by atoms with E-state index in [4.69, 9.17) is 23.2 Å². The van der Waals surface area contributed by atoms with Crippen LogP contribution >= 0.6 is 23.2 Å². The van der Waals surface area contributed by atoms with Gasteiger partial charge in [-0.2, -0.15) is 0 Å². The summed E-state index contributed by atoms with van der Waals surface area (Å²) in [5, 5.41) is 3.71. The Labute approximate surface area is 120 Å². The fraction of sp³-hybridized carbons (Fsp3) is 0.154. The number of aldehydes is 1. The number of aryl methyl sites for hydroxylation is 2. The van der Waals surface area contributed by atoms with E-state index >= 15 is 0 Å². The molecule has 0 aliphatic carbocycles. The van der Waals surface area contributed by atoms with Crippen molar-refractivity contribution in [2.24, 2.45) is 0 Å². The molecule has 0 radical (unpaired) electrons. The van der Waals surface area contributed by atoms with Gasteiger partial charge < -0.3 is 5.32 Å². The van der Waals surface area contributed by atoms with Crippen molar-refractivity contribution in [3.63, 3.8) is 0 Å². The summed E-state index contributed by atoms with van der Waals surface area (Å²) < 4.78 is 0. The number of rotatable bonds is 3. The molecule has 2 rings (SSSR count). The van der Waals surface area contributed by atoms with Gasteiger partial charge in [-0.1, -0.05) is 35.3 Å². The van der Waals surface area contributed by atoms with Crippen LogP contribution in [0.2, 0.25) is 10.2 Å². The van der Waals surface area contributed by atoms with E-state index in [0.717, 1.165) is 5.56 Å². The summed E-state index contributed by atoms with van der Waals surface area (Å²) in [5.74, 6) is 0.825. The molecule has 19 heavy (non-hydrogen) atoms. The van der Waals surface area contributed by atoms with Gasteiger partial charge >= 0.3 is 0 Å². The summed E-state index contributed by atoms with van der Waals surface area (Å²) in [6.07, 6.45) is 0.621. The number of nitrogens with zero attached hydrogens (tertiary/aromatic N) is 2. The minimum atomic E-state index is 0.120. The van der Waals surface area contributed by atoms with Gasteiger partial charge in [0.05, 0.1) is 16.3 Å². The van der Waals surface area contributed by atoms with Crippen LogP contribution in [0.1, 0.15) is 21.7 Å². The lowest BCUT2D eigenvalue weighted by molar-refractivity contribution is 0.112. The molecule has 98 valence electrons. The van der Waals surface area contributed by atoms with Crippen molar-refractivity contribution in [3.05, 3.63) is 45.3 Å². The van der Waals surface area contributed by atoms with Crippen LogP contribution in [0.3, 0.4) is 0 Å². The molecular weight excluding hydrogens is 285 g/mol. The number of carbonyl (C=O) groups excluding carboxylic acids is 1. The largest absolute Gasteiger partial charge is 0.338 e. The van der Waals surface area contributed by atoms with Crippen LogP contribution in [0.25, 0.3) is 0 Å². The molecule has 0 bridgehead atoms. The highest BCUT2D eigenvalue weighted by Crippen LogP contribution is 2.30. The van der Waals surface area contributed by atoms with E-state index in [1.807, 2.05) is 19.1 Å². The Hall–Kier alpha value is -1.65. The highest BCUT2D eigenvalue weighted by molar-refractivity contribution is 6.34. The maximum atomic E-state index is 11.1. The van der Waals surface area contributed by atoms with Crippen LogP contribution < -0.4 is 5.32 Å². The summed E-state index contributed by atoms with van der Waals surface area (Å²) in [7, 11) is 0. The van der Waals surface area contributed by atoms with Gasteiger partial charge in [-0.05, 0) is 25.5 Å². The van der Waals surface area contributed by atoms with Crippen molar-refractivity contribution in [2.45, 2.75) is 13.8 Å². The van der Waals surface area contributed by atoms with Crippen LogP contribution in [-0.2, 0) is 0 Å². The lowest BCUT2D eigenvalue weighted by Crippen LogP contribution is -2.04. The van der Waals surface area contributed by atoms with Crippen molar-refractivity contribution in [2.75, 3.05) is 5.32 Å². The Balaban J connectivity index is 2.52. The Bertz CT molecular complexity index is 624. The van der Waals surface area contributed by atoms with Crippen LogP contribution in [-0.4, -0.2) is 16.3 Å². The highest BCUT2D eigenvalue weighted by Gasteiger charge is 2.13. The maximum absolute atomic E-state index is 11.1. The number of carbonyl (C=O) groups is 1. The molecule has 0 saturated heterocycles. The molecule has 0 atom stereocenters. The summed E-state index contributed by atoms with van der Waals surface area (Å²) in [6, 6.07) is 5.51. The first-order chi connectivity index (χ1) is 9.02. The zero-order valence-electron chi connectivity index (χ0n) is 10.4. The SMILES string of the molecule is Cc1nc(Cl)c(C=O)c(Nc2c(C)cccc2Cl)n1. The van der Waals surface area contributed by atoms with Gasteiger partial charge in [0.25, 0.3) is 0 Å². The minimum Gasteiger partial charge on any atom is -0.338 e. The van der Waals surface area contributed by atoms with Crippen LogP contribution in [0.4, 0.5) is 11.5 Å². The summed E-state index contributed by atoms with van der Waals surface area (Å²) >= 11 is 12.1. The first kappa shape index (κ1) is 13.8. The first-order valence-electron chi connectivity index (χ1n) is 5.54. The monoisotopic (exact) mass is 295 g/mol. The Morgan fingerprint density at radius 3 is 2.58 bits per heavy atom. The van der Waals surface area contributed by atoms with Gasteiger partial charge in [0, 0.05) is 0 Å². The molecule has 1 N–H and O–H groups in total. The van der Waals surface area contributed by atoms with Crippen molar-refractivity contribution < 1.29 is 4.79 Å². The maximum Gasteiger partial charge on any atom is 0.156 e. The highest BCUT2D eigenvalue weighted by atomic mass is 35.5. The second kappa shape index (κ2) is 5.55. The molecule has 1 heterocycles. The zero-order chi connectivity index (χ0) is 14.0. The molecule has 0 unspecified atom stereocenters. The average molecular weight is 296 g/mol. The van der Waals surface area contributed by atoms with Gasteiger partial charge in [0.1, 0.15) is 16.8 Å². The number of nitrogens with one attached hydrogen (secondary N) is 1. The van der Waals surface area contributed by atoms with Crippen molar-refractivity contribution in [1.29, 1.82) is 0 Å². The number of hydrogen-bond acceptors (Lipinski definition) is 4. The smallest absolute Gasteiger partial charge is 0.156 e. The van der Waals surface area contributed by atoms with Gasteiger partial charge in [-0.25, -0.2) is 9.97 Å². The number of anilines is 2. The molecule has 0 aliphatic rings. The molecule has 0 aliphatic heterocycles. The molecule has 1 aromatic heterocycles. The summed E-state index contributed by atoms with van der Waals surface area (Å²) in [4.78, 5) is 19.2. The van der Waals surface area contributed by atoms with E-state index in [2.05, 4.69) is 15.3 Å². The second-order valence-electron chi connectivity index (χ2n) is 4.00. The van der Waals surface area contributed by atoms with Crippen molar-refractivity contribution >= 4 is 41.0 Å². The van der Waals surface area contributed by atoms with Crippen LogP contribution in [0.15, 0.2) is 18.2 Å². The fourth-order valence-corrected chi connectivity index (χ4v) is 2.18. The number of para-hydroxylation sites is 1. The van der Waals surface area contributed by atoms with E-state index in [-0.39, 0.29) is 10.7 Å². The van der Waals surface area contributed by atoms with E-state index in [9.17, 15) is 4.79 Å². The Morgan fingerprint density at radius 1 is 1.21 bits per heavy atom. The van der Waals surface area contributed by atoms with Crippen molar-refractivity contribution in [1.82, 2.24) is 9.97 Å². The molecule has 4 nitrogen and oxygen atoms in total. The molecule has 0 spiro atoms. The van der Waals surface area contributed by atoms with E-state index in [1.165, 1.54) is 0 Å². The average Bonchev–Trinajstić information content (AvgIpc) is 2.33. The number of benzene rings is 1. The minimum absolute atomic E-state index is 0.120. The predicted molar refractivity (Wildman–Crippen MR) is 76.6 cm³/mol. The third-order valence-electron chi connectivity index (χ3n) is 2.59. The molecule has 2 aromatic rings. The molecule has 0 fully saturated rings. The van der Waals surface area contributed by atoms with Crippen LogP contribution in [0, 0.1) is 13.8 Å². The number of aromatic nitrogens is 2. The van der Waals surface area contributed by atoms with E-state index < -0.39 is 0 Å². The predicted octanol–water partition coefficient (Wildman–Crippen LogP) is 3.96. The normalized spacial score (nSPS) is 10.3. The van der Waals surface area contributed by atoms with Gasteiger partial charge in [0.15, 0.2) is 6.29 Å². The summed E-state index contributed by atoms with van der Waals surface area (Å²) in [6.45, 7) is 3.61. The standard InChI is InChI=1S/C13H11Cl2N3O/c1-7-4-3-5-10(14)11(7)18-13-9(6-19)12(15)16-8(2)17-13/h3-6H,1-2H3,(H,16,17,18). The molecule has 1 aromatic carbocycles. The van der Waals surface area contributed by atoms with E-state index in [1.54, 1.807) is 13.0 Å². The summed E-state index contributed by atoms with van der Waals surface area (Å²) in [5.41, 5.74) is 1.85. The third-order valence-corrected chi connectivity index (χ3v) is 3.20. The van der Waals surface area contributed by atoms with Crippen LogP contribution in [0.5, 0.6) is 0 Å². The number of halogens is 2. The second-order valence-corrected chi connectivity index (χ2v) is 4.76. The lowest BCUT2D eigenvalue weighted by atomic mass is 10.2. The molecular formula is C13H11Cl2N3O. The van der Waals surface area contributed by atoms with Gasteiger partial charge in [-0.3, -0.25) is 4.79 Å². The molecule has 0 amide bonds. The van der Waals surface area contributed by atoms with E-state index in [0.29, 0.717) is 28.6 Å². The number of hydrogen-bond donors (Lipinski definition) is 1.